The van der Waals surface area contributed by atoms with Crippen molar-refractivity contribution >= 4 is 6.09 Å². The number of pyridine rings is 1. The number of carbonyl (C=O) groups excluding carboxylic acids is 1. The van der Waals surface area contributed by atoms with Gasteiger partial charge in [-0.3, -0.25) is 4.98 Å². The second kappa shape index (κ2) is 7.77. The van der Waals surface area contributed by atoms with Gasteiger partial charge in [0.2, 0.25) is 0 Å². The van der Waals surface area contributed by atoms with Crippen LogP contribution in [0.15, 0.2) is 24.5 Å². The third-order valence-corrected chi connectivity index (χ3v) is 4.12. The number of amides is 1. The van der Waals surface area contributed by atoms with Crippen molar-refractivity contribution in [2.75, 3.05) is 13.1 Å². The van der Waals surface area contributed by atoms with Gasteiger partial charge in [-0.15, -0.1) is 0 Å². The Bertz CT molecular complexity index is 499. The monoisotopic (exact) mass is 319 g/mol. The fourth-order valence-electron chi connectivity index (χ4n) is 2.91. The van der Waals surface area contributed by atoms with Gasteiger partial charge >= 0.3 is 6.09 Å². The molecular weight excluding hydrogens is 290 g/mol. The fraction of sp³-hybridized carbons (Fsp3) is 0.667. The summed E-state index contributed by atoms with van der Waals surface area (Å²) in [5.41, 5.74) is 0.750. The predicted molar refractivity (Wildman–Crippen MR) is 91.2 cm³/mol. The van der Waals surface area contributed by atoms with E-state index >= 15 is 0 Å². The minimum Gasteiger partial charge on any atom is -0.444 e. The molecule has 1 aromatic heterocycles. The lowest BCUT2D eigenvalue weighted by Crippen LogP contribution is -2.41. The Morgan fingerprint density at radius 1 is 1.52 bits per heavy atom. The van der Waals surface area contributed by atoms with Crippen molar-refractivity contribution in [3.05, 3.63) is 30.1 Å². The molecule has 1 aromatic rings. The molecule has 0 spiro atoms. The smallest absolute Gasteiger partial charge is 0.410 e. The van der Waals surface area contributed by atoms with Gasteiger partial charge < -0.3 is 15.0 Å². The molecule has 1 fully saturated rings. The van der Waals surface area contributed by atoms with Gasteiger partial charge in [-0.25, -0.2) is 4.79 Å². The topological polar surface area (TPSA) is 54.5 Å². The van der Waals surface area contributed by atoms with Gasteiger partial charge in [-0.2, -0.15) is 0 Å². The summed E-state index contributed by atoms with van der Waals surface area (Å²) in [5.74, 6) is 0. The number of hydrogen-bond donors (Lipinski definition) is 1. The molecule has 2 rings (SSSR count). The number of carbonyl (C=O) groups is 1. The summed E-state index contributed by atoms with van der Waals surface area (Å²) in [6.07, 6.45) is 6.56. The van der Waals surface area contributed by atoms with Crippen LogP contribution < -0.4 is 5.32 Å². The summed E-state index contributed by atoms with van der Waals surface area (Å²) < 4.78 is 5.51. The molecule has 5 heteroatoms. The van der Waals surface area contributed by atoms with Gasteiger partial charge in [0.1, 0.15) is 5.60 Å². The van der Waals surface area contributed by atoms with E-state index in [-0.39, 0.29) is 18.2 Å². The molecule has 1 saturated heterocycles. The van der Waals surface area contributed by atoms with Crippen LogP contribution in [0.25, 0.3) is 0 Å². The van der Waals surface area contributed by atoms with Crippen LogP contribution in [0.3, 0.4) is 0 Å². The fourth-order valence-corrected chi connectivity index (χ4v) is 2.91. The third kappa shape index (κ3) is 5.50. The van der Waals surface area contributed by atoms with E-state index in [1.807, 2.05) is 37.9 Å². The summed E-state index contributed by atoms with van der Waals surface area (Å²) in [6.45, 7) is 9.54. The van der Waals surface area contributed by atoms with Crippen LogP contribution in [-0.2, 0) is 4.74 Å². The molecule has 23 heavy (non-hydrogen) atoms. The van der Waals surface area contributed by atoms with E-state index in [4.69, 9.17) is 4.74 Å². The predicted octanol–water partition coefficient (Wildman–Crippen LogP) is 3.52. The van der Waals surface area contributed by atoms with E-state index in [2.05, 4.69) is 23.3 Å². The number of aromatic nitrogens is 1. The summed E-state index contributed by atoms with van der Waals surface area (Å²) in [7, 11) is 0. The van der Waals surface area contributed by atoms with Gasteiger partial charge in [0.15, 0.2) is 0 Å². The molecule has 1 amide bonds. The van der Waals surface area contributed by atoms with E-state index in [0.29, 0.717) is 0 Å². The first-order chi connectivity index (χ1) is 10.9. The van der Waals surface area contributed by atoms with Crippen molar-refractivity contribution in [1.82, 2.24) is 15.2 Å². The molecule has 128 valence electrons. The molecule has 2 unspecified atom stereocenters. The van der Waals surface area contributed by atoms with Crippen LogP contribution in [-0.4, -0.2) is 40.7 Å². The standard InChI is InChI=1S/C18H29N3O2/c1-14(15-7-5-10-19-13-15)20-11-9-16-8-6-12-21(16)17(22)23-18(2,3)4/h5,7,10,13-14,16,20H,6,8-9,11-12H2,1-4H3. The van der Waals surface area contributed by atoms with Gasteiger partial charge in [0, 0.05) is 31.0 Å². The lowest BCUT2D eigenvalue weighted by molar-refractivity contribution is 0.0220. The number of rotatable bonds is 5. The first kappa shape index (κ1) is 17.7. The molecule has 1 aliphatic rings. The maximum atomic E-state index is 12.3. The van der Waals surface area contributed by atoms with E-state index in [0.717, 1.165) is 32.4 Å². The number of nitrogens with one attached hydrogen (secondary N) is 1. The average Bonchev–Trinajstić information content (AvgIpc) is 2.95. The highest BCUT2D eigenvalue weighted by Gasteiger charge is 2.31. The Hall–Kier alpha value is -1.62. The molecule has 5 nitrogen and oxygen atoms in total. The lowest BCUT2D eigenvalue weighted by Gasteiger charge is -2.29. The summed E-state index contributed by atoms with van der Waals surface area (Å²) >= 11 is 0. The van der Waals surface area contributed by atoms with Crippen molar-refractivity contribution in [3.63, 3.8) is 0 Å². The first-order valence-electron chi connectivity index (χ1n) is 8.50. The zero-order valence-corrected chi connectivity index (χ0v) is 14.7. The highest BCUT2D eigenvalue weighted by atomic mass is 16.6. The Morgan fingerprint density at radius 2 is 2.30 bits per heavy atom. The number of hydrogen-bond acceptors (Lipinski definition) is 4. The molecule has 1 aliphatic heterocycles. The second-order valence-electron chi connectivity index (χ2n) is 7.22. The molecule has 2 heterocycles. The van der Waals surface area contributed by atoms with Gasteiger partial charge in [-0.1, -0.05) is 6.07 Å². The minimum atomic E-state index is -0.433. The molecule has 0 radical (unpaired) electrons. The maximum Gasteiger partial charge on any atom is 0.410 e. The Kier molecular flexibility index (Phi) is 5.99. The van der Waals surface area contributed by atoms with Crippen LogP contribution in [0.1, 0.15) is 58.6 Å². The summed E-state index contributed by atoms with van der Waals surface area (Å²) in [5, 5.41) is 3.51. The zero-order valence-electron chi connectivity index (χ0n) is 14.7. The SMILES string of the molecule is CC(NCCC1CCCN1C(=O)OC(C)(C)C)c1cccnc1. The number of nitrogens with zero attached hydrogens (tertiary/aromatic N) is 2. The van der Waals surface area contributed by atoms with E-state index in [9.17, 15) is 4.79 Å². The number of ether oxygens (including phenoxy) is 1. The number of likely N-dealkylation sites (tertiary alicyclic amines) is 1. The molecule has 0 aromatic carbocycles. The Morgan fingerprint density at radius 3 is 2.96 bits per heavy atom. The van der Waals surface area contributed by atoms with Crippen LogP contribution in [0.2, 0.25) is 0 Å². The maximum absolute atomic E-state index is 12.3. The van der Waals surface area contributed by atoms with E-state index < -0.39 is 5.60 Å². The molecule has 1 N–H and O–H groups in total. The van der Waals surface area contributed by atoms with Gasteiger partial charge in [-0.05, 0) is 65.1 Å². The van der Waals surface area contributed by atoms with Gasteiger partial charge in [0.05, 0.1) is 0 Å². The molecule has 0 bridgehead atoms. The Labute approximate surface area is 139 Å². The van der Waals surface area contributed by atoms with Crippen molar-refractivity contribution < 1.29 is 9.53 Å². The van der Waals surface area contributed by atoms with Crippen LogP contribution >= 0.6 is 0 Å². The molecule has 0 aliphatic carbocycles. The molecule has 2 atom stereocenters. The summed E-state index contributed by atoms with van der Waals surface area (Å²) in [6, 6.07) is 4.57. The highest BCUT2D eigenvalue weighted by molar-refractivity contribution is 5.68. The third-order valence-electron chi connectivity index (χ3n) is 4.12. The van der Waals surface area contributed by atoms with E-state index in [1.165, 1.54) is 5.56 Å². The Balaban J connectivity index is 1.79. The minimum absolute atomic E-state index is 0.180. The van der Waals surface area contributed by atoms with Crippen LogP contribution in [0.5, 0.6) is 0 Å². The second-order valence-corrected chi connectivity index (χ2v) is 7.22. The molecule has 0 saturated carbocycles. The highest BCUT2D eigenvalue weighted by Crippen LogP contribution is 2.23. The lowest BCUT2D eigenvalue weighted by atomic mass is 10.1. The van der Waals surface area contributed by atoms with Crippen LogP contribution in [0.4, 0.5) is 4.79 Å². The van der Waals surface area contributed by atoms with Crippen molar-refractivity contribution in [2.24, 2.45) is 0 Å². The summed E-state index contributed by atoms with van der Waals surface area (Å²) in [4.78, 5) is 18.3. The first-order valence-corrected chi connectivity index (χ1v) is 8.50. The van der Waals surface area contributed by atoms with Crippen molar-refractivity contribution in [2.45, 2.75) is 64.6 Å². The largest absolute Gasteiger partial charge is 0.444 e. The average molecular weight is 319 g/mol. The van der Waals surface area contributed by atoms with Crippen LogP contribution in [0, 0.1) is 0 Å². The van der Waals surface area contributed by atoms with E-state index in [1.54, 1.807) is 6.20 Å². The molecular formula is C18H29N3O2. The normalized spacial score (nSPS) is 19.7. The van der Waals surface area contributed by atoms with Crippen molar-refractivity contribution in [3.8, 4) is 0 Å². The van der Waals surface area contributed by atoms with Crippen molar-refractivity contribution in [1.29, 1.82) is 0 Å². The quantitative estimate of drug-likeness (QED) is 0.902. The van der Waals surface area contributed by atoms with Gasteiger partial charge in [0.25, 0.3) is 0 Å². The zero-order chi connectivity index (χ0) is 16.9.